The first kappa shape index (κ1) is 12.1. The Morgan fingerprint density at radius 2 is 1.80 bits per heavy atom. The van der Waals surface area contributed by atoms with Gasteiger partial charge in [-0.15, -0.1) is 0 Å². The average molecular weight is 147 g/mol. The lowest BCUT2D eigenvalue weighted by Crippen LogP contribution is -2.22. The van der Waals surface area contributed by atoms with Crippen LogP contribution >= 0.6 is 0 Å². The highest BCUT2D eigenvalue weighted by Gasteiger charge is 2.21. The molecule has 0 unspecified atom stereocenters. The van der Waals surface area contributed by atoms with E-state index >= 15 is 0 Å². The number of hydrogen-bond acceptors (Lipinski definition) is 3. The van der Waals surface area contributed by atoms with E-state index in [1.165, 1.54) is 0 Å². The van der Waals surface area contributed by atoms with Crippen molar-refractivity contribution in [1.82, 2.24) is 6.15 Å². The topological polar surface area (TPSA) is 61.3 Å². The fraction of sp³-hybridized carbons (Fsp3) is 0.857. The van der Waals surface area contributed by atoms with Crippen LogP contribution in [0.3, 0.4) is 0 Å². The first-order chi connectivity index (χ1) is 3.98. The van der Waals surface area contributed by atoms with Gasteiger partial charge in [-0.3, -0.25) is 4.79 Å². The van der Waals surface area contributed by atoms with E-state index in [2.05, 4.69) is 0 Å². The largest absolute Gasteiger partial charge is 0.466 e. The molecule has 0 amide bonds. The van der Waals surface area contributed by atoms with Gasteiger partial charge in [0.05, 0.1) is 12.0 Å². The van der Waals surface area contributed by atoms with Crippen LogP contribution in [0.2, 0.25) is 0 Å². The second kappa shape index (κ2) is 4.28. The lowest BCUT2D eigenvalue weighted by Gasteiger charge is -2.14. The Morgan fingerprint density at radius 3 is 1.90 bits per heavy atom. The molecular weight excluding hydrogens is 130 g/mol. The third-order valence-electron chi connectivity index (χ3n) is 0.888. The lowest BCUT2D eigenvalue weighted by atomic mass is 9.97. The van der Waals surface area contributed by atoms with Gasteiger partial charge in [-0.05, 0) is 27.7 Å². The van der Waals surface area contributed by atoms with Crippen LogP contribution in [0.1, 0.15) is 27.7 Å². The molecule has 0 fully saturated rings. The summed E-state index contributed by atoms with van der Waals surface area (Å²) in [6.45, 7) is 7.79. The molecule has 3 N–H and O–H groups in total. The first-order valence-electron chi connectivity index (χ1n) is 3.15. The monoisotopic (exact) mass is 147 g/mol. The molecule has 0 aromatic heterocycles. The van der Waals surface area contributed by atoms with E-state index < -0.39 is 0 Å². The van der Waals surface area contributed by atoms with Gasteiger partial charge < -0.3 is 10.9 Å². The Bertz CT molecular complexity index is 105. The highest BCUT2D eigenvalue weighted by molar-refractivity contribution is 5.75. The normalized spacial score (nSPS) is 10.0. The van der Waals surface area contributed by atoms with Gasteiger partial charge in [0.1, 0.15) is 0 Å². The molecule has 0 rings (SSSR count). The summed E-state index contributed by atoms with van der Waals surface area (Å²) in [5, 5.41) is 0. The molecule has 0 spiro atoms. The Balaban J connectivity index is 0. The Morgan fingerprint density at radius 1 is 1.40 bits per heavy atom. The number of rotatable bonds is 1. The van der Waals surface area contributed by atoms with E-state index in [1.54, 1.807) is 0 Å². The maximum absolute atomic E-state index is 10.8. The fourth-order valence-corrected chi connectivity index (χ4v) is 0.348. The average Bonchev–Trinajstić information content (AvgIpc) is 1.64. The summed E-state index contributed by atoms with van der Waals surface area (Å²) in [6.07, 6.45) is 0. The summed E-state index contributed by atoms with van der Waals surface area (Å²) in [6, 6.07) is 0. The maximum Gasteiger partial charge on any atom is 0.311 e. The van der Waals surface area contributed by atoms with E-state index in [9.17, 15) is 4.79 Å². The van der Waals surface area contributed by atoms with Crippen molar-refractivity contribution in [1.29, 1.82) is 0 Å². The standard InChI is InChI=1S/C7H14O2.H3N/c1-5-9-6(8)7(2,3)4;/h5H2,1-4H3;1H3. The van der Waals surface area contributed by atoms with Crippen LogP contribution in [0.15, 0.2) is 0 Å². The molecule has 3 heteroatoms. The molecule has 0 atom stereocenters. The fourth-order valence-electron chi connectivity index (χ4n) is 0.348. The van der Waals surface area contributed by atoms with Crippen molar-refractivity contribution in [3.8, 4) is 0 Å². The third-order valence-corrected chi connectivity index (χ3v) is 0.888. The van der Waals surface area contributed by atoms with Crippen molar-refractivity contribution < 1.29 is 9.53 Å². The maximum atomic E-state index is 10.8. The van der Waals surface area contributed by atoms with Gasteiger partial charge in [-0.25, -0.2) is 0 Å². The summed E-state index contributed by atoms with van der Waals surface area (Å²) >= 11 is 0. The van der Waals surface area contributed by atoms with Crippen molar-refractivity contribution in [2.24, 2.45) is 5.41 Å². The van der Waals surface area contributed by atoms with E-state index in [1.807, 2.05) is 27.7 Å². The zero-order valence-electron chi connectivity index (χ0n) is 7.23. The Kier molecular flexibility index (Phi) is 5.19. The minimum atomic E-state index is -0.351. The minimum absolute atomic E-state index is 0. The molecule has 0 aliphatic carbocycles. The minimum Gasteiger partial charge on any atom is -0.466 e. The van der Waals surface area contributed by atoms with Crippen LogP contribution in [0.25, 0.3) is 0 Å². The predicted octanol–water partition coefficient (Wildman–Crippen LogP) is 1.76. The van der Waals surface area contributed by atoms with Gasteiger partial charge in [-0.1, -0.05) is 0 Å². The van der Waals surface area contributed by atoms with Crippen molar-refractivity contribution >= 4 is 5.97 Å². The SMILES string of the molecule is CCOC(=O)C(C)(C)C.N. The van der Waals surface area contributed by atoms with Crippen LogP contribution in [-0.2, 0) is 9.53 Å². The molecule has 0 bridgehead atoms. The number of carbonyl (C=O) groups excluding carboxylic acids is 1. The smallest absolute Gasteiger partial charge is 0.311 e. The van der Waals surface area contributed by atoms with Gasteiger partial charge in [0.2, 0.25) is 0 Å². The molecule has 0 aromatic carbocycles. The predicted molar refractivity (Wildman–Crippen MR) is 41.1 cm³/mol. The van der Waals surface area contributed by atoms with Crippen molar-refractivity contribution in [3.63, 3.8) is 0 Å². The zero-order valence-corrected chi connectivity index (χ0v) is 7.23. The molecule has 0 aromatic rings. The van der Waals surface area contributed by atoms with Gasteiger partial charge >= 0.3 is 5.97 Å². The van der Waals surface area contributed by atoms with Crippen LogP contribution in [0, 0.1) is 5.41 Å². The van der Waals surface area contributed by atoms with Crippen LogP contribution < -0.4 is 6.15 Å². The van der Waals surface area contributed by atoms with E-state index in [0.717, 1.165) is 0 Å². The molecule has 3 nitrogen and oxygen atoms in total. The Hall–Kier alpha value is -0.570. The molecule has 10 heavy (non-hydrogen) atoms. The molecule has 62 valence electrons. The Labute approximate surface area is 62.3 Å². The summed E-state index contributed by atoms with van der Waals surface area (Å²) in [5.74, 6) is -0.134. The highest BCUT2D eigenvalue weighted by atomic mass is 16.5. The van der Waals surface area contributed by atoms with Crippen molar-refractivity contribution in [3.05, 3.63) is 0 Å². The van der Waals surface area contributed by atoms with Gasteiger partial charge in [0, 0.05) is 0 Å². The highest BCUT2D eigenvalue weighted by Crippen LogP contribution is 2.14. The van der Waals surface area contributed by atoms with Gasteiger partial charge in [0.25, 0.3) is 0 Å². The summed E-state index contributed by atoms with van der Waals surface area (Å²) in [5.41, 5.74) is -0.351. The summed E-state index contributed by atoms with van der Waals surface area (Å²) < 4.78 is 4.77. The molecule has 0 heterocycles. The first-order valence-corrected chi connectivity index (χ1v) is 3.15. The number of carbonyl (C=O) groups is 1. The molecule has 0 aliphatic heterocycles. The summed E-state index contributed by atoms with van der Waals surface area (Å²) in [4.78, 5) is 10.8. The summed E-state index contributed by atoms with van der Waals surface area (Å²) in [7, 11) is 0. The third kappa shape index (κ3) is 4.32. The molecular formula is C7H17NO2. The second-order valence-electron chi connectivity index (χ2n) is 2.97. The van der Waals surface area contributed by atoms with Crippen molar-refractivity contribution in [2.75, 3.05) is 6.61 Å². The lowest BCUT2D eigenvalue weighted by molar-refractivity contribution is -0.152. The van der Waals surface area contributed by atoms with Gasteiger partial charge in [-0.2, -0.15) is 0 Å². The van der Waals surface area contributed by atoms with Crippen LogP contribution in [0.5, 0.6) is 0 Å². The molecule has 0 radical (unpaired) electrons. The molecule has 0 aliphatic rings. The van der Waals surface area contributed by atoms with E-state index in [-0.39, 0.29) is 17.5 Å². The van der Waals surface area contributed by atoms with Crippen molar-refractivity contribution in [2.45, 2.75) is 27.7 Å². The van der Waals surface area contributed by atoms with Gasteiger partial charge in [0.15, 0.2) is 0 Å². The molecule has 0 saturated carbocycles. The number of esters is 1. The molecule has 0 saturated heterocycles. The van der Waals surface area contributed by atoms with Crippen LogP contribution in [0.4, 0.5) is 0 Å². The van der Waals surface area contributed by atoms with E-state index in [0.29, 0.717) is 6.61 Å². The zero-order chi connectivity index (χ0) is 7.49. The second-order valence-corrected chi connectivity index (χ2v) is 2.97. The quantitative estimate of drug-likeness (QED) is 0.575. The number of ether oxygens (including phenoxy) is 1. The van der Waals surface area contributed by atoms with E-state index in [4.69, 9.17) is 4.74 Å². The van der Waals surface area contributed by atoms with Crippen LogP contribution in [-0.4, -0.2) is 12.6 Å². The number of hydrogen-bond donors (Lipinski definition) is 1.